The first-order chi connectivity index (χ1) is 12.8. The van der Waals surface area contributed by atoms with Crippen molar-refractivity contribution in [2.24, 2.45) is 5.73 Å². The number of carbonyl (C=O) groups excluding carboxylic acids is 2. The van der Waals surface area contributed by atoms with Gasteiger partial charge in [0.1, 0.15) is 5.00 Å². The Hall–Kier alpha value is -2.33. The Labute approximate surface area is 176 Å². The summed E-state index contributed by atoms with van der Waals surface area (Å²) in [4.78, 5) is 37.7. The van der Waals surface area contributed by atoms with Gasteiger partial charge >= 0.3 is 12.0 Å². The summed E-state index contributed by atoms with van der Waals surface area (Å²) in [7, 11) is 0. The highest BCUT2D eigenvalue weighted by Gasteiger charge is 2.28. The second-order valence-corrected chi connectivity index (χ2v) is 7.55. The lowest BCUT2D eigenvalue weighted by molar-refractivity contribution is -0.138. The molecule has 3 amide bonds. The average molecular weight is 445 g/mol. The van der Waals surface area contributed by atoms with E-state index in [9.17, 15) is 14.4 Å². The minimum Gasteiger partial charge on any atom is -0.480 e. The van der Waals surface area contributed by atoms with Gasteiger partial charge in [-0.3, -0.25) is 19.8 Å². The van der Waals surface area contributed by atoms with Gasteiger partial charge in [-0.1, -0.05) is 11.6 Å². The number of urea groups is 1. The second-order valence-electron chi connectivity index (χ2n) is 6.01. The highest BCUT2D eigenvalue weighted by atomic mass is 35.5. The third-order valence-corrected chi connectivity index (χ3v) is 5.45. The van der Waals surface area contributed by atoms with Crippen LogP contribution in [0.15, 0.2) is 24.3 Å². The minimum atomic E-state index is -0.911. The first-order valence-corrected chi connectivity index (χ1v) is 9.25. The molecular weight excluding hydrogens is 427 g/mol. The van der Waals surface area contributed by atoms with Crippen LogP contribution in [0.4, 0.5) is 15.5 Å². The third-order valence-electron chi connectivity index (χ3n) is 4.07. The standard InChI is InChI=1S/C17H17ClN4O4S.ClH/c18-9-1-3-10(4-2-9)20-17(26)21-16-14(15(19)25)11-5-6-22(8-13(23)24)7-12(11)27-16;/h1-4H,5-8H2,(H2,19,25)(H,23,24)(H2,20,21,26);1H. The monoisotopic (exact) mass is 444 g/mol. The lowest BCUT2D eigenvalue weighted by Crippen LogP contribution is -2.34. The summed E-state index contributed by atoms with van der Waals surface area (Å²) in [5, 5.41) is 15.2. The SMILES string of the molecule is Cl.NC(=O)c1c(NC(=O)Nc2ccc(Cl)cc2)sc2c1CCN(CC(=O)O)C2. The van der Waals surface area contributed by atoms with Crippen molar-refractivity contribution in [3.8, 4) is 0 Å². The highest BCUT2D eigenvalue weighted by molar-refractivity contribution is 7.17. The van der Waals surface area contributed by atoms with Gasteiger partial charge in [-0.2, -0.15) is 0 Å². The molecule has 11 heteroatoms. The predicted octanol–water partition coefficient (Wildman–Crippen LogP) is 3.01. The average Bonchev–Trinajstić information content (AvgIpc) is 2.93. The maximum Gasteiger partial charge on any atom is 0.324 e. The quantitative estimate of drug-likeness (QED) is 0.563. The molecule has 2 aromatic rings. The largest absolute Gasteiger partial charge is 0.480 e. The van der Waals surface area contributed by atoms with E-state index in [1.165, 1.54) is 11.3 Å². The van der Waals surface area contributed by atoms with E-state index in [1.54, 1.807) is 29.2 Å². The maximum atomic E-state index is 12.3. The number of rotatable bonds is 5. The van der Waals surface area contributed by atoms with Gasteiger partial charge in [0, 0.05) is 28.7 Å². The van der Waals surface area contributed by atoms with Crippen LogP contribution in [0, 0.1) is 0 Å². The first kappa shape index (κ1) is 22.0. The van der Waals surface area contributed by atoms with Crippen molar-refractivity contribution in [2.45, 2.75) is 13.0 Å². The van der Waals surface area contributed by atoms with Gasteiger partial charge < -0.3 is 16.2 Å². The number of benzene rings is 1. The second kappa shape index (κ2) is 9.24. The number of nitrogens with two attached hydrogens (primary N) is 1. The van der Waals surface area contributed by atoms with Crippen LogP contribution in [0.3, 0.4) is 0 Å². The molecule has 150 valence electrons. The number of hydrogen-bond acceptors (Lipinski definition) is 5. The molecule has 0 spiro atoms. The molecule has 1 aliphatic rings. The molecule has 1 aliphatic heterocycles. The predicted molar refractivity (Wildman–Crippen MR) is 111 cm³/mol. The van der Waals surface area contributed by atoms with Gasteiger partial charge in [0.05, 0.1) is 12.1 Å². The highest BCUT2D eigenvalue weighted by Crippen LogP contribution is 2.37. The third kappa shape index (κ3) is 5.14. The van der Waals surface area contributed by atoms with Gasteiger partial charge in [-0.25, -0.2) is 4.79 Å². The van der Waals surface area contributed by atoms with Gasteiger partial charge in [-0.15, -0.1) is 23.7 Å². The lowest BCUT2D eigenvalue weighted by atomic mass is 10.0. The number of halogens is 2. The fraction of sp³-hybridized carbons (Fsp3) is 0.235. The van der Waals surface area contributed by atoms with Crippen LogP contribution >= 0.6 is 35.3 Å². The number of thiophene rings is 1. The number of primary amides is 1. The normalized spacial score (nSPS) is 13.2. The zero-order chi connectivity index (χ0) is 19.6. The van der Waals surface area contributed by atoms with Crippen LogP contribution in [0.1, 0.15) is 20.8 Å². The van der Waals surface area contributed by atoms with Crippen molar-refractivity contribution in [2.75, 3.05) is 23.7 Å². The Kier molecular flexibility index (Phi) is 7.25. The van der Waals surface area contributed by atoms with Crippen molar-refractivity contribution in [1.29, 1.82) is 0 Å². The molecule has 0 fully saturated rings. The maximum absolute atomic E-state index is 12.3. The first-order valence-electron chi connectivity index (χ1n) is 8.05. The molecule has 28 heavy (non-hydrogen) atoms. The molecule has 3 rings (SSSR count). The van der Waals surface area contributed by atoms with Crippen LogP contribution < -0.4 is 16.4 Å². The van der Waals surface area contributed by atoms with Gasteiger partial charge in [0.25, 0.3) is 5.91 Å². The van der Waals surface area contributed by atoms with Gasteiger partial charge in [0.2, 0.25) is 0 Å². The zero-order valence-electron chi connectivity index (χ0n) is 14.5. The van der Waals surface area contributed by atoms with Crippen LogP contribution in [0.25, 0.3) is 0 Å². The number of nitrogens with zero attached hydrogens (tertiary/aromatic N) is 1. The molecule has 1 aromatic heterocycles. The number of carboxylic acid groups (broad SMARTS) is 1. The van der Waals surface area contributed by atoms with Crippen LogP contribution in [-0.2, 0) is 17.8 Å². The zero-order valence-corrected chi connectivity index (χ0v) is 16.9. The van der Waals surface area contributed by atoms with Gasteiger partial charge in [-0.05, 0) is 36.2 Å². The van der Waals surface area contributed by atoms with Crippen LogP contribution in [-0.4, -0.2) is 41.0 Å². The molecule has 0 atom stereocenters. The Balaban J connectivity index is 0.00000280. The van der Waals surface area contributed by atoms with E-state index in [1.807, 2.05) is 0 Å². The molecule has 0 radical (unpaired) electrons. The summed E-state index contributed by atoms with van der Waals surface area (Å²) in [5.41, 5.74) is 7.13. The fourth-order valence-electron chi connectivity index (χ4n) is 2.93. The molecule has 2 heterocycles. The molecular formula is C17H18Cl2N4O4S. The molecule has 8 nitrogen and oxygen atoms in total. The van der Waals surface area contributed by atoms with E-state index in [2.05, 4.69) is 10.6 Å². The van der Waals surface area contributed by atoms with Gasteiger partial charge in [0.15, 0.2) is 0 Å². The topological polar surface area (TPSA) is 125 Å². The molecule has 0 bridgehead atoms. The van der Waals surface area contributed by atoms with E-state index in [-0.39, 0.29) is 24.5 Å². The molecule has 1 aromatic carbocycles. The number of carboxylic acids is 1. The summed E-state index contributed by atoms with van der Waals surface area (Å²) < 4.78 is 0. The van der Waals surface area contributed by atoms with E-state index < -0.39 is 17.9 Å². The van der Waals surface area contributed by atoms with Crippen LogP contribution in [0.5, 0.6) is 0 Å². The molecule has 5 N–H and O–H groups in total. The van der Waals surface area contributed by atoms with E-state index in [0.717, 1.165) is 10.4 Å². The van der Waals surface area contributed by atoms with Crippen molar-refractivity contribution in [1.82, 2.24) is 4.90 Å². The smallest absolute Gasteiger partial charge is 0.324 e. The lowest BCUT2D eigenvalue weighted by Gasteiger charge is -2.25. The van der Waals surface area contributed by atoms with E-state index >= 15 is 0 Å². The van der Waals surface area contributed by atoms with Crippen molar-refractivity contribution in [3.63, 3.8) is 0 Å². The summed E-state index contributed by atoms with van der Waals surface area (Å²) in [5.74, 6) is -1.54. The number of fused-ring (bicyclic) bond motifs is 1. The van der Waals surface area contributed by atoms with E-state index in [0.29, 0.717) is 35.2 Å². The Bertz CT molecular complexity index is 901. The summed E-state index contributed by atoms with van der Waals surface area (Å²) >= 11 is 7.05. The molecule has 0 unspecified atom stereocenters. The number of nitrogens with one attached hydrogen (secondary N) is 2. The summed E-state index contributed by atoms with van der Waals surface area (Å²) in [6.45, 7) is 0.822. The number of carbonyl (C=O) groups is 3. The van der Waals surface area contributed by atoms with Crippen molar-refractivity contribution >= 4 is 63.9 Å². The number of hydrogen-bond donors (Lipinski definition) is 4. The minimum absolute atomic E-state index is 0. The fourth-order valence-corrected chi connectivity index (χ4v) is 4.35. The Morgan fingerprint density at radius 2 is 1.89 bits per heavy atom. The Morgan fingerprint density at radius 1 is 1.21 bits per heavy atom. The van der Waals surface area contributed by atoms with Crippen molar-refractivity contribution in [3.05, 3.63) is 45.3 Å². The summed E-state index contributed by atoms with van der Waals surface area (Å²) in [6.07, 6.45) is 0.498. The van der Waals surface area contributed by atoms with Crippen LogP contribution in [0.2, 0.25) is 5.02 Å². The molecule has 0 saturated heterocycles. The molecule has 0 saturated carbocycles. The number of aliphatic carboxylic acids is 1. The van der Waals surface area contributed by atoms with Crippen molar-refractivity contribution < 1.29 is 19.5 Å². The van der Waals surface area contributed by atoms with E-state index in [4.69, 9.17) is 22.4 Å². The number of amides is 3. The number of anilines is 2. The summed E-state index contributed by atoms with van der Waals surface area (Å²) in [6, 6.07) is 6.08. The molecule has 0 aliphatic carbocycles. The Morgan fingerprint density at radius 3 is 2.50 bits per heavy atom.